The Morgan fingerprint density at radius 3 is 2.52 bits per heavy atom. The first-order chi connectivity index (χ1) is 15.5. The van der Waals surface area contributed by atoms with E-state index >= 15 is 0 Å². The van der Waals surface area contributed by atoms with E-state index < -0.39 is 35.5 Å². The maximum Gasteiger partial charge on any atom is 0.435 e. The van der Waals surface area contributed by atoms with E-state index in [0.29, 0.717) is 5.02 Å². The van der Waals surface area contributed by atoms with Gasteiger partial charge >= 0.3 is 12.1 Å². The second kappa shape index (κ2) is 9.62. The van der Waals surface area contributed by atoms with Crippen molar-refractivity contribution in [2.24, 2.45) is 0 Å². The number of nitrogens with one attached hydrogen (secondary N) is 1. The van der Waals surface area contributed by atoms with Gasteiger partial charge in [-0.3, -0.25) is 4.79 Å². The number of ether oxygens (including phenoxy) is 1. The van der Waals surface area contributed by atoms with Crippen molar-refractivity contribution in [2.45, 2.75) is 25.6 Å². The Labute approximate surface area is 191 Å². The molecule has 11 heteroatoms. The van der Waals surface area contributed by atoms with Crippen LogP contribution in [0.4, 0.5) is 17.6 Å². The summed E-state index contributed by atoms with van der Waals surface area (Å²) in [6.07, 6.45) is -4.69. The number of methoxy groups -OCH3 is 1. The second-order valence-electron chi connectivity index (χ2n) is 7.08. The number of esters is 1. The van der Waals surface area contributed by atoms with Crippen molar-refractivity contribution < 1.29 is 31.9 Å². The molecule has 0 saturated carbocycles. The van der Waals surface area contributed by atoms with E-state index in [1.807, 2.05) is 0 Å². The molecule has 3 rings (SSSR count). The van der Waals surface area contributed by atoms with Gasteiger partial charge in [-0.2, -0.15) is 18.3 Å². The Morgan fingerprint density at radius 2 is 1.91 bits per heavy atom. The van der Waals surface area contributed by atoms with Crippen molar-refractivity contribution in [3.8, 4) is 5.69 Å². The van der Waals surface area contributed by atoms with Gasteiger partial charge in [-0.1, -0.05) is 23.7 Å². The van der Waals surface area contributed by atoms with Crippen LogP contribution in [0.15, 0.2) is 48.5 Å². The van der Waals surface area contributed by atoms with Gasteiger partial charge in [0, 0.05) is 5.02 Å². The molecule has 1 heterocycles. The van der Waals surface area contributed by atoms with Crippen molar-refractivity contribution in [3.63, 3.8) is 0 Å². The summed E-state index contributed by atoms with van der Waals surface area (Å²) in [5.74, 6) is -3.12. The maximum absolute atomic E-state index is 14.2. The van der Waals surface area contributed by atoms with Gasteiger partial charge in [0.25, 0.3) is 0 Å². The largest absolute Gasteiger partial charge is 0.465 e. The lowest BCUT2D eigenvalue weighted by Crippen LogP contribution is -2.28. The summed E-state index contributed by atoms with van der Waals surface area (Å²) < 4.78 is 59.4. The molecule has 0 radical (unpaired) electrons. The van der Waals surface area contributed by atoms with Crippen molar-refractivity contribution in [3.05, 3.63) is 81.9 Å². The molecule has 174 valence electrons. The summed E-state index contributed by atoms with van der Waals surface area (Å²) in [4.78, 5) is 24.1. The molecule has 0 aliphatic carbocycles. The monoisotopic (exact) mass is 483 g/mol. The Bertz CT molecular complexity index is 1190. The summed E-state index contributed by atoms with van der Waals surface area (Å²) in [5.41, 5.74) is -0.774. The first-order valence-corrected chi connectivity index (χ1v) is 9.96. The van der Waals surface area contributed by atoms with Crippen LogP contribution in [0.1, 0.15) is 40.2 Å². The average molecular weight is 484 g/mol. The first-order valence-electron chi connectivity index (χ1n) is 9.58. The van der Waals surface area contributed by atoms with Crippen molar-refractivity contribution >= 4 is 23.5 Å². The van der Waals surface area contributed by atoms with E-state index in [9.17, 15) is 27.2 Å². The Kier molecular flexibility index (Phi) is 7.06. The van der Waals surface area contributed by atoms with Crippen LogP contribution in [0.5, 0.6) is 0 Å². The SMILES string of the molecule is COC(=O)c1ccc(C(C)C(=O)NCc2cc(C(F)(F)F)nn2-c2cccc(Cl)c2)cc1F. The number of amides is 1. The molecule has 1 atom stereocenters. The summed E-state index contributed by atoms with van der Waals surface area (Å²) >= 11 is 5.94. The van der Waals surface area contributed by atoms with Crippen LogP contribution in [0.3, 0.4) is 0 Å². The minimum absolute atomic E-state index is 0.0670. The zero-order valence-corrected chi connectivity index (χ0v) is 18.2. The normalized spacial score (nSPS) is 12.3. The fourth-order valence-corrected chi connectivity index (χ4v) is 3.26. The minimum Gasteiger partial charge on any atom is -0.465 e. The molecule has 0 fully saturated rings. The predicted molar refractivity (Wildman–Crippen MR) is 112 cm³/mol. The Morgan fingerprint density at radius 1 is 1.18 bits per heavy atom. The molecule has 0 aliphatic rings. The van der Waals surface area contributed by atoms with Gasteiger partial charge in [-0.15, -0.1) is 0 Å². The number of benzene rings is 2. The molecule has 33 heavy (non-hydrogen) atoms. The zero-order chi connectivity index (χ0) is 24.3. The number of halogens is 5. The van der Waals surface area contributed by atoms with E-state index in [4.69, 9.17) is 11.6 Å². The smallest absolute Gasteiger partial charge is 0.435 e. The molecular weight excluding hydrogens is 466 g/mol. The third-order valence-electron chi connectivity index (χ3n) is 4.86. The molecule has 0 saturated heterocycles. The molecule has 0 spiro atoms. The standard InChI is InChI=1S/C22H18ClF4N3O3/c1-12(13-6-7-17(18(24)8-13)21(32)33-2)20(31)28-11-16-10-19(22(25,26)27)29-30(16)15-5-3-4-14(23)9-15/h3-10,12H,11H2,1-2H3,(H,28,31). The van der Waals surface area contributed by atoms with E-state index in [-0.39, 0.29) is 29.1 Å². The van der Waals surface area contributed by atoms with Crippen molar-refractivity contribution in [2.75, 3.05) is 7.11 Å². The molecule has 3 aromatic rings. The van der Waals surface area contributed by atoms with Crippen LogP contribution in [-0.4, -0.2) is 28.8 Å². The molecule has 1 amide bonds. The summed E-state index contributed by atoms with van der Waals surface area (Å²) in [6, 6.07) is 10.6. The zero-order valence-electron chi connectivity index (χ0n) is 17.4. The Hall–Kier alpha value is -3.40. The summed E-state index contributed by atoms with van der Waals surface area (Å²) in [7, 11) is 1.12. The highest BCUT2D eigenvalue weighted by atomic mass is 35.5. The molecule has 1 N–H and O–H groups in total. The van der Waals surface area contributed by atoms with Crippen molar-refractivity contribution in [1.29, 1.82) is 0 Å². The minimum atomic E-state index is -4.69. The van der Waals surface area contributed by atoms with E-state index in [1.54, 1.807) is 12.1 Å². The third-order valence-corrected chi connectivity index (χ3v) is 5.10. The van der Waals surface area contributed by atoms with Crippen LogP contribution in [-0.2, 0) is 22.3 Å². The quantitative estimate of drug-likeness (QED) is 0.400. The predicted octanol–water partition coefficient (Wildman–Crippen LogP) is 4.89. The Balaban J connectivity index is 1.81. The highest BCUT2D eigenvalue weighted by molar-refractivity contribution is 6.30. The van der Waals surface area contributed by atoms with Gasteiger partial charge in [0.2, 0.25) is 5.91 Å². The van der Waals surface area contributed by atoms with Gasteiger partial charge in [0.05, 0.1) is 36.5 Å². The fourth-order valence-electron chi connectivity index (χ4n) is 3.07. The van der Waals surface area contributed by atoms with Gasteiger partial charge in [0.1, 0.15) is 5.82 Å². The van der Waals surface area contributed by atoms with E-state index in [1.165, 1.54) is 31.2 Å². The van der Waals surface area contributed by atoms with Gasteiger partial charge in [-0.05, 0) is 48.9 Å². The second-order valence-corrected chi connectivity index (χ2v) is 7.52. The van der Waals surface area contributed by atoms with E-state index in [2.05, 4.69) is 15.2 Å². The lowest BCUT2D eigenvalue weighted by Gasteiger charge is -2.14. The summed E-state index contributed by atoms with van der Waals surface area (Å²) in [5, 5.41) is 6.45. The number of aromatic nitrogens is 2. The third kappa shape index (κ3) is 5.51. The lowest BCUT2D eigenvalue weighted by molar-refractivity contribution is -0.141. The molecule has 1 aromatic heterocycles. The molecule has 0 aliphatic heterocycles. The number of alkyl halides is 3. The fraction of sp³-hybridized carbons (Fsp3) is 0.227. The average Bonchev–Trinajstić information content (AvgIpc) is 3.21. The van der Waals surface area contributed by atoms with Crippen LogP contribution in [0, 0.1) is 5.82 Å². The number of nitrogens with zero attached hydrogens (tertiary/aromatic N) is 2. The van der Waals surface area contributed by atoms with E-state index in [0.717, 1.165) is 23.9 Å². The highest BCUT2D eigenvalue weighted by Crippen LogP contribution is 2.30. The molecule has 2 aromatic carbocycles. The highest BCUT2D eigenvalue weighted by Gasteiger charge is 2.35. The van der Waals surface area contributed by atoms with Gasteiger partial charge in [-0.25, -0.2) is 13.9 Å². The van der Waals surface area contributed by atoms with Crippen LogP contribution >= 0.6 is 11.6 Å². The maximum atomic E-state index is 14.2. The van der Waals surface area contributed by atoms with Gasteiger partial charge < -0.3 is 10.1 Å². The first kappa shape index (κ1) is 24.2. The lowest BCUT2D eigenvalue weighted by atomic mass is 9.98. The van der Waals surface area contributed by atoms with Crippen LogP contribution in [0.25, 0.3) is 5.69 Å². The molecule has 6 nitrogen and oxygen atoms in total. The molecule has 0 bridgehead atoms. The van der Waals surface area contributed by atoms with Crippen LogP contribution < -0.4 is 5.32 Å². The number of rotatable bonds is 6. The number of carbonyl (C=O) groups excluding carboxylic acids is 2. The molecular formula is C22H18ClF4N3O3. The van der Waals surface area contributed by atoms with Crippen LogP contribution in [0.2, 0.25) is 5.02 Å². The van der Waals surface area contributed by atoms with Gasteiger partial charge in [0.15, 0.2) is 5.69 Å². The number of hydrogen-bond acceptors (Lipinski definition) is 4. The molecule has 1 unspecified atom stereocenters. The summed E-state index contributed by atoms with van der Waals surface area (Å²) in [6.45, 7) is 1.22. The van der Waals surface area contributed by atoms with Crippen molar-refractivity contribution in [1.82, 2.24) is 15.1 Å². The number of carbonyl (C=O) groups is 2. The number of hydrogen-bond donors (Lipinski definition) is 1. The topological polar surface area (TPSA) is 73.2 Å².